The standard InChI is InChI=1S/C28H43NO3/c1-20-11-16-29(17-12-20)19-24-22(13-18-32-24)8-9-23-21(2)7-10-25-27(23,3)14-6-15-28(25,4)26(30)31-5/h13,18,20,23,25H,2,6-12,14-17,19H2,1,3-5H3/t23-,25+,27+,28-/m0/s1. The van der Waals surface area contributed by atoms with Gasteiger partial charge in [-0.3, -0.25) is 9.69 Å². The lowest BCUT2D eigenvalue weighted by molar-refractivity contribution is -0.168. The molecule has 1 aromatic rings. The molecule has 0 aromatic carbocycles. The summed E-state index contributed by atoms with van der Waals surface area (Å²) in [6.07, 6.45) is 11.9. The summed E-state index contributed by atoms with van der Waals surface area (Å²) in [6.45, 7) is 14.7. The highest BCUT2D eigenvalue weighted by Gasteiger charge is 2.57. The number of rotatable bonds is 6. The van der Waals surface area contributed by atoms with Gasteiger partial charge in [-0.1, -0.05) is 32.4 Å². The predicted octanol–water partition coefficient (Wildman–Crippen LogP) is 6.40. The van der Waals surface area contributed by atoms with E-state index in [1.54, 1.807) is 7.11 Å². The van der Waals surface area contributed by atoms with Crippen molar-refractivity contribution in [2.45, 2.75) is 85.1 Å². The number of allylic oxidation sites excluding steroid dienone is 1. The van der Waals surface area contributed by atoms with Crippen molar-refractivity contribution >= 4 is 5.97 Å². The molecular weight excluding hydrogens is 398 g/mol. The lowest BCUT2D eigenvalue weighted by Crippen LogP contribution is -2.53. The lowest BCUT2D eigenvalue weighted by Gasteiger charge is -2.57. The smallest absolute Gasteiger partial charge is 0.311 e. The van der Waals surface area contributed by atoms with Crippen LogP contribution in [0.15, 0.2) is 28.9 Å². The van der Waals surface area contributed by atoms with Crippen molar-refractivity contribution in [1.82, 2.24) is 4.90 Å². The topological polar surface area (TPSA) is 42.7 Å². The van der Waals surface area contributed by atoms with Gasteiger partial charge in [0.25, 0.3) is 0 Å². The molecule has 4 nitrogen and oxygen atoms in total. The van der Waals surface area contributed by atoms with E-state index in [4.69, 9.17) is 9.15 Å². The fourth-order valence-corrected chi connectivity index (χ4v) is 7.41. The Morgan fingerprint density at radius 1 is 1.25 bits per heavy atom. The first kappa shape index (κ1) is 23.6. The molecule has 1 aliphatic heterocycles. The molecule has 2 aliphatic carbocycles. The largest absolute Gasteiger partial charge is 0.469 e. The van der Waals surface area contributed by atoms with Gasteiger partial charge in [-0.15, -0.1) is 0 Å². The number of nitrogens with zero attached hydrogens (tertiary/aromatic N) is 1. The summed E-state index contributed by atoms with van der Waals surface area (Å²) < 4.78 is 11.2. The van der Waals surface area contributed by atoms with Gasteiger partial charge in [0, 0.05) is 0 Å². The number of ether oxygens (including phenoxy) is 1. The molecule has 1 aromatic heterocycles. The molecule has 0 radical (unpaired) electrons. The zero-order valence-corrected chi connectivity index (χ0v) is 20.8. The van der Waals surface area contributed by atoms with Gasteiger partial charge >= 0.3 is 5.97 Å². The molecule has 32 heavy (non-hydrogen) atoms. The highest BCUT2D eigenvalue weighted by Crippen LogP contribution is 2.62. The minimum absolute atomic E-state index is 0.0207. The van der Waals surface area contributed by atoms with Crippen molar-refractivity contribution in [2.24, 2.45) is 28.6 Å². The molecular formula is C28H43NO3. The fourth-order valence-electron chi connectivity index (χ4n) is 7.41. The Kier molecular flexibility index (Phi) is 6.91. The number of hydrogen-bond acceptors (Lipinski definition) is 4. The van der Waals surface area contributed by atoms with Gasteiger partial charge in [-0.05, 0) is 106 Å². The average molecular weight is 442 g/mol. The third-order valence-corrected chi connectivity index (χ3v) is 9.45. The van der Waals surface area contributed by atoms with Gasteiger partial charge in [0.15, 0.2) is 0 Å². The van der Waals surface area contributed by atoms with Crippen molar-refractivity contribution in [3.63, 3.8) is 0 Å². The second kappa shape index (κ2) is 9.37. The average Bonchev–Trinajstić information content (AvgIpc) is 3.21. The van der Waals surface area contributed by atoms with E-state index < -0.39 is 0 Å². The van der Waals surface area contributed by atoms with E-state index in [-0.39, 0.29) is 16.8 Å². The number of esters is 1. The molecule has 3 fully saturated rings. The number of piperidine rings is 1. The molecule has 2 heterocycles. The lowest BCUT2D eigenvalue weighted by atomic mass is 9.46. The van der Waals surface area contributed by atoms with E-state index in [0.29, 0.717) is 11.8 Å². The molecule has 4 rings (SSSR count). The Bertz CT molecular complexity index is 820. The number of carbonyl (C=O) groups excluding carboxylic acids is 1. The van der Waals surface area contributed by atoms with E-state index in [9.17, 15) is 4.79 Å². The Morgan fingerprint density at radius 3 is 2.72 bits per heavy atom. The van der Waals surface area contributed by atoms with Crippen molar-refractivity contribution in [1.29, 1.82) is 0 Å². The van der Waals surface area contributed by atoms with E-state index >= 15 is 0 Å². The summed E-state index contributed by atoms with van der Waals surface area (Å²) >= 11 is 0. The number of likely N-dealkylation sites (tertiary alicyclic amines) is 1. The van der Waals surface area contributed by atoms with E-state index in [2.05, 4.69) is 38.3 Å². The highest BCUT2D eigenvalue weighted by atomic mass is 16.5. The Hall–Kier alpha value is -1.55. The monoisotopic (exact) mass is 441 g/mol. The molecule has 1 saturated heterocycles. The van der Waals surface area contributed by atoms with Crippen LogP contribution in [-0.2, 0) is 22.5 Å². The van der Waals surface area contributed by atoms with Crippen LogP contribution in [0.4, 0.5) is 0 Å². The molecule has 178 valence electrons. The summed E-state index contributed by atoms with van der Waals surface area (Å²) in [5, 5.41) is 0. The highest BCUT2D eigenvalue weighted by molar-refractivity contribution is 5.77. The van der Waals surface area contributed by atoms with E-state index in [0.717, 1.165) is 56.7 Å². The van der Waals surface area contributed by atoms with Crippen molar-refractivity contribution in [3.8, 4) is 0 Å². The van der Waals surface area contributed by atoms with Gasteiger partial charge in [0.05, 0.1) is 25.3 Å². The molecule has 4 heteroatoms. The van der Waals surface area contributed by atoms with Gasteiger partial charge < -0.3 is 9.15 Å². The maximum atomic E-state index is 12.8. The number of methoxy groups -OCH3 is 1. The minimum atomic E-state index is -0.368. The van der Waals surface area contributed by atoms with Gasteiger partial charge in [-0.2, -0.15) is 0 Å². The predicted molar refractivity (Wildman–Crippen MR) is 128 cm³/mol. The Labute approximate surface area is 194 Å². The van der Waals surface area contributed by atoms with Crippen LogP contribution in [0, 0.1) is 28.6 Å². The number of carbonyl (C=O) groups is 1. The first-order valence-corrected chi connectivity index (χ1v) is 12.8. The number of furan rings is 1. The quantitative estimate of drug-likeness (QED) is 0.379. The maximum Gasteiger partial charge on any atom is 0.311 e. The SMILES string of the molecule is C=C1CC[C@@H]2[C@](C)(CCC[C@]2(C)C(=O)OC)[C@H]1CCc1ccoc1CN1CCC(C)CC1. The molecule has 0 unspecified atom stereocenters. The summed E-state index contributed by atoms with van der Waals surface area (Å²) in [5.41, 5.74) is 2.48. The van der Waals surface area contributed by atoms with E-state index in [1.165, 1.54) is 43.5 Å². The Morgan fingerprint density at radius 2 is 2.00 bits per heavy atom. The van der Waals surface area contributed by atoms with Crippen molar-refractivity contribution in [2.75, 3.05) is 20.2 Å². The molecule has 2 saturated carbocycles. The van der Waals surface area contributed by atoms with Crippen LogP contribution in [0.5, 0.6) is 0 Å². The number of aryl methyl sites for hydroxylation is 1. The third kappa shape index (κ3) is 4.32. The van der Waals surface area contributed by atoms with Crippen molar-refractivity contribution in [3.05, 3.63) is 35.8 Å². The van der Waals surface area contributed by atoms with Crippen LogP contribution in [0.3, 0.4) is 0 Å². The second-order valence-corrected chi connectivity index (χ2v) is 11.4. The number of hydrogen-bond donors (Lipinski definition) is 0. The second-order valence-electron chi connectivity index (χ2n) is 11.4. The molecule has 0 spiro atoms. The van der Waals surface area contributed by atoms with Crippen LogP contribution in [0.25, 0.3) is 0 Å². The summed E-state index contributed by atoms with van der Waals surface area (Å²) in [4.78, 5) is 15.4. The van der Waals surface area contributed by atoms with Crippen LogP contribution in [0.2, 0.25) is 0 Å². The van der Waals surface area contributed by atoms with Crippen LogP contribution < -0.4 is 0 Å². The first-order valence-electron chi connectivity index (χ1n) is 12.8. The summed E-state index contributed by atoms with van der Waals surface area (Å²) in [6, 6.07) is 2.17. The first-order chi connectivity index (χ1) is 15.3. The number of fused-ring (bicyclic) bond motifs is 1. The van der Waals surface area contributed by atoms with Gasteiger partial charge in [-0.25, -0.2) is 0 Å². The fraction of sp³-hybridized carbons (Fsp3) is 0.750. The molecule has 4 atom stereocenters. The maximum absolute atomic E-state index is 12.8. The van der Waals surface area contributed by atoms with Gasteiger partial charge in [0.2, 0.25) is 0 Å². The normalized spacial score (nSPS) is 34.3. The van der Waals surface area contributed by atoms with E-state index in [1.807, 2.05) is 6.26 Å². The van der Waals surface area contributed by atoms with Gasteiger partial charge in [0.1, 0.15) is 5.76 Å². The molecule has 0 bridgehead atoms. The molecule has 0 N–H and O–H groups in total. The Balaban J connectivity index is 1.47. The van der Waals surface area contributed by atoms with Crippen molar-refractivity contribution < 1.29 is 13.9 Å². The van der Waals surface area contributed by atoms with Crippen LogP contribution in [0.1, 0.15) is 83.5 Å². The molecule has 3 aliphatic rings. The summed E-state index contributed by atoms with van der Waals surface area (Å²) in [5.74, 6) is 2.79. The zero-order valence-electron chi connectivity index (χ0n) is 20.8. The summed E-state index contributed by atoms with van der Waals surface area (Å²) in [7, 11) is 1.54. The minimum Gasteiger partial charge on any atom is -0.469 e. The zero-order chi connectivity index (χ0) is 22.9. The molecule has 0 amide bonds. The van der Waals surface area contributed by atoms with Crippen LogP contribution >= 0.6 is 0 Å². The van der Waals surface area contributed by atoms with Crippen LogP contribution in [-0.4, -0.2) is 31.1 Å². The third-order valence-electron chi connectivity index (χ3n) is 9.45.